The molecule has 0 unspecified atom stereocenters. The van der Waals surface area contributed by atoms with Gasteiger partial charge in [-0.3, -0.25) is 0 Å². The van der Waals surface area contributed by atoms with Crippen molar-refractivity contribution in [1.29, 1.82) is 0 Å². The second-order valence-corrected chi connectivity index (χ2v) is 3.89. The first-order valence-electron chi connectivity index (χ1n) is 4.85. The molecule has 0 saturated heterocycles. The lowest BCUT2D eigenvalue weighted by molar-refractivity contribution is 0.765. The summed E-state index contributed by atoms with van der Waals surface area (Å²) in [6.45, 7) is 6.36. The normalized spacial score (nSPS) is 14.7. The van der Waals surface area contributed by atoms with Gasteiger partial charge in [-0.05, 0) is 37.1 Å². The highest BCUT2D eigenvalue weighted by atomic mass is 14.9. The number of rotatable bonds is 2. The topological polar surface area (TPSA) is 24.1 Å². The summed E-state index contributed by atoms with van der Waals surface area (Å²) in [6, 6.07) is 7.12. The number of hydrogen-bond acceptors (Lipinski definition) is 2. The molecule has 0 fully saturated rings. The lowest BCUT2D eigenvalue weighted by Gasteiger charge is -2.10. The van der Waals surface area contributed by atoms with Gasteiger partial charge in [-0.1, -0.05) is 6.07 Å². The molecule has 0 amide bonds. The molecule has 2 N–H and O–H groups in total. The van der Waals surface area contributed by atoms with Gasteiger partial charge in [0, 0.05) is 24.8 Å². The lowest BCUT2D eigenvalue weighted by Crippen LogP contribution is -2.09. The van der Waals surface area contributed by atoms with Gasteiger partial charge in [0.1, 0.15) is 0 Å². The van der Waals surface area contributed by atoms with Gasteiger partial charge in [-0.15, -0.1) is 0 Å². The zero-order chi connectivity index (χ0) is 9.26. The molecule has 1 aromatic carbocycles. The van der Waals surface area contributed by atoms with E-state index in [1.165, 1.54) is 16.8 Å². The average molecular weight is 176 g/mol. The third-order valence-corrected chi connectivity index (χ3v) is 2.29. The fraction of sp³-hybridized carbons (Fsp3) is 0.455. The Hall–Kier alpha value is -1.02. The Morgan fingerprint density at radius 1 is 1.23 bits per heavy atom. The SMILES string of the molecule is CC(C)Nc1ccc2c(c1)CNC2. The zero-order valence-corrected chi connectivity index (χ0v) is 8.22. The molecule has 0 atom stereocenters. The first-order chi connectivity index (χ1) is 6.25. The summed E-state index contributed by atoms with van der Waals surface area (Å²) in [7, 11) is 0. The summed E-state index contributed by atoms with van der Waals surface area (Å²) >= 11 is 0. The monoisotopic (exact) mass is 176 g/mol. The van der Waals surface area contributed by atoms with Crippen LogP contribution in [0.1, 0.15) is 25.0 Å². The minimum absolute atomic E-state index is 0.507. The number of hydrogen-bond donors (Lipinski definition) is 2. The molecule has 2 rings (SSSR count). The number of nitrogens with one attached hydrogen (secondary N) is 2. The predicted molar refractivity (Wildman–Crippen MR) is 55.7 cm³/mol. The van der Waals surface area contributed by atoms with Crippen molar-refractivity contribution in [3.8, 4) is 0 Å². The van der Waals surface area contributed by atoms with E-state index in [1.807, 2.05) is 0 Å². The van der Waals surface area contributed by atoms with Crippen LogP contribution in [0, 0.1) is 0 Å². The molecule has 1 heterocycles. The van der Waals surface area contributed by atoms with Crippen molar-refractivity contribution in [3.63, 3.8) is 0 Å². The van der Waals surface area contributed by atoms with Gasteiger partial charge < -0.3 is 10.6 Å². The van der Waals surface area contributed by atoms with Gasteiger partial charge >= 0.3 is 0 Å². The standard InChI is InChI=1S/C11H16N2/c1-8(2)13-11-4-3-9-6-12-7-10(9)5-11/h3-5,8,12-13H,6-7H2,1-2H3. The Bertz CT molecular complexity index is 305. The van der Waals surface area contributed by atoms with Crippen LogP contribution in [0.15, 0.2) is 18.2 Å². The van der Waals surface area contributed by atoms with Crippen molar-refractivity contribution >= 4 is 5.69 Å². The van der Waals surface area contributed by atoms with Crippen LogP contribution in [0.2, 0.25) is 0 Å². The van der Waals surface area contributed by atoms with Gasteiger partial charge in [0.05, 0.1) is 0 Å². The molecule has 0 saturated carbocycles. The highest BCUT2D eigenvalue weighted by Gasteiger charge is 2.09. The Balaban J connectivity index is 2.21. The molecule has 0 bridgehead atoms. The molecule has 1 aliphatic rings. The van der Waals surface area contributed by atoms with Gasteiger partial charge in [0.2, 0.25) is 0 Å². The summed E-state index contributed by atoms with van der Waals surface area (Å²) in [4.78, 5) is 0. The van der Waals surface area contributed by atoms with E-state index in [9.17, 15) is 0 Å². The lowest BCUT2D eigenvalue weighted by atomic mass is 10.1. The largest absolute Gasteiger partial charge is 0.383 e. The second-order valence-electron chi connectivity index (χ2n) is 3.89. The minimum atomic E-state index is 0.507. The van der Waals surface area contributed by atoms with Crippen molar-refractivity contribution in [1.82, 2.24) is 5.32 Å². The minimum Gasteiger partial charge on any atom is -0.383 e. The van der Waals surface area contributed by atoms with Crippen LogP contribution in [0.3, 0.4) is 0 Å². The summed E-state index contributed by atoms with van der Waals surface area (Å²) in [5.74, 6) is 0. The highest BCUT2D eigenvalue weighted by molar-refractivity contribution is 5.50. The van der Waals surface area contributed by atoms with E-state index >= 15 is 0 Å². The van der Waals surface area contributed by atoms with E-state index in [0.717, 1.165) is 13.1 Å². The molecule has 0 spiro atoms. The molecular weight excluding hydrogens is 160 g/mol. The Kier molecular flexibility index (Phi) is 2.23. The Morgan fingerprint density at radius 2 is 2.00 bits per heavy atom. The Labute approximate surface area is 79.4 Å². The van der Waals surface area contributed by atoms with Gasteiger partial charge in [-0.25, -0.2) is 0 Å². The van der Waals surface area contributed by atoms with E-state index in [0.29, 0.717) is 6.04 Å². The summed E-state index contributed by atoms with van der Waals surface area (Å²) < 4.78 is 0. The van der Waals surface area contributed by atoms with Crippen LogP contribution in [0.5, 0.6) is 0 Å². The molecule has 2 heteroatoms. The van der Waals surface area contributed by atoms with E-state index in [1.54, 1.807) is 0 Å². The maximum atomic E-state index is 3.41. The summed E-state index contributed by atoms with van der Waals surface area (Å²) in [5, 5.41) is 6.75. The number of benzene rings is 1. The van der Waals surface area contributed by atoms with E-state index in [2.05, 4.69) is 42.7 Å². The molecule has 0 aromatic heterocycles. The molecular formula is C11H16N2. The number of fused-ring (bicyclic) bond motifs is 1. The van der Waals surface area contributed by atoms with Gasteiger partial charge in [-0.2, -0.15) is 0 Å². The molecule has 0 radical (unpaired) electrons. The predicted octanol–water partition coefficient (Wildman–Crippen LogP) is 2.11. The molecule has 0 aliphatic carbocycles. The van der Waals surface area contributed by atoms with Crippen LogP contribution in [0.25, 0.3) is 0 Å². The first-order valence-corrected chi connectivity index (χ1v) is 4.85. The van der Waals surface area contributed by atoms with Crippen LogP contribution in [-0.2, 0) is 13.1 Å². The second kappa shape index (κ2) is 3.38. The van der Waals surface area contributed by atoms with E-state index < -0.39 is 0 Å². The van der Waals surface area contributed by atoms with Crippen LogP contribution >= 0.6 is 0 Å². The molecule has 1 aromatic rings. The van der Waals surface area contributed by atoms with E-state index in [-0.39, 0.29) is 0 Å². The molecule has 70 valence electrons. The quantitative estimate of drug-likeness (QED) is 0.721. The third-order valence-electron chi connectivity index (χ3n) is 2.29. The molecule has 13 heavy (non-hydrogen) atoms. The fourth-order valence-corrected chi connectivity index (χ4v) is 1.72. The number of anilines is 1. The maximum absolute atomic E-state index is 3.41. The van der Waals surface area contributed by atoms with Crippen LogP contribution in [0.4, 0.5) is 5.69 Å². The van der Waals surface area contributed by atoms with Gasteiger partial charge in [0.25, 0.3) is 0 Å². The molecule has 1 aliphatic heterocycles. The van der Waals surface area contributed by atoms with Crippen LogP contribution < -0.4 is 10.6 Å². The van der Waals surface area contributed by atoms with Crippen LogP contribution in [-0.4, -0.2) is 6.04 Å². The maximum Gasteiger partial charge on any atom is 0.0345 e. The van der Waals surface area contributed by atoms with E-state index in [4.69, 9.17) is 0 Å². The third kappa shape index (κ3) is 1.83. The summed E-state index contributed by atoms with van der Waals surface area (Å²) in [5.41, 5.74) is 4.11. The van der Waals surface area contributed by atoms with Gasteiger partial charge in [0.15, 0.2) is 0 Å². The Morgan fingerprint density at radius 3 is 2.77 bits per heavy atom. The zero-order valence-electron chi connectivity index (χ0n) is 8.22. The smallest absolute Gasteiger partial charge is 0.0345 e. The van der Waals surface area contributed by atoms with Crippen molar-refractivity contribution < 1.29 is 0 Å². The van der Waals surface area contributed by atoms with Crippen molar-refractivity contribution in [2.45, 2.75) is 33.0 Å². The average Bonchev–Trinajstić information content (AvgIpc) is 2.49. The van der Waals surface area contributed by atoms with Crippen molar-refractivity contribution in [2.24, 2.45) is 0 Å². The molecule has 2 nitrogen and oxygen atoms in total. The first kappa shape index (κ1) is 8.57. The summed E-state index contributed by atoms with van der Waals surface area (Å²) in [6.07, 6.45) is 0. The highest BCUT2D eigenvalue weighted by Crippen LogP contribution is 2.20. The fourth-order valence-electron chi connectivity index (χ4n) is 1.72. The van der Waals surface area contributed by atoms with Crippen molar-refractivity contribution in [2.75, 3.05) is 5.32 Å². The van der Waals surface area contributed by atoms with Crippen molar-refractivity contribution in [3.05, 3.63) is 29.3 Å².